The van der Waals surface area contributed by atoms with Crippen molar-refractivity contribution in [3.63, 3.8) is 0 Å². The van der Waals surface area contributed by atoms with Crippen LogP contribution in [0.15, 0.2) is 47.4 Å². The number of hydrogen-bond donors (Lipinski definition) is 0. The molecule has 24 heavy (non-hydrogen) atoms. The number of benzene rings is 2. The van der Waals surface area contributed by atoms with Crippen LogP contribution in [0.4, 0.5) is 4.39 Å². The lowest BCUT2D eigenvalue weighted by Gasteiger charge is -2.22. The molecular weight excluding hydrogens is 371 g/mol. The maximum absolute atomic E-state index is 13.3. The van der Waals surface area contributed by atoms with Crippen molar-refractivity contribution in [3.8, 4) is 0 Å². The Bertz CT molecular complexity index is 971. The molecule has 0 amide bonds. The first-order chi connectivity index (χ1) is 11.3. The average molecular weight is 385 g/mol. The van der Waals surface area contributed by atoms with Crippen molar-refractivity contribution in [2.45, 2.75) is 17.9 Å². The third-order valence-electron chi connectivity index (χ3n) is 3.78. The van der Waals surface area contributed by atoms with Gasteiger partial charge in [0.2, 0.25) is 10.0 Å². The highest BCUT2D eigenvalue weighted by Gasteiger charge is 2.28. The predicted molar refractivity (Wildman–Crippen MR) is 94.4 cm³/mol. The summed E-state index contributed by atoms with van der Waals surface area (Å²) in [7, 11) is -2.34. The van der Waals surface area contributed by atoms with E-state index < -0.39 is 21.9 Å². The summed E-state index contributed by atoms with van der Waals surface area (Å²) >= 11 is 7.15. The van der Waals surface area contributed by atoms with Gasteiger partial charge < -0.3 is 0 Å². The minimum Gasteiger partial charge on any atom is -0.239 e. The summed E-state index contributed by atoms with van der Waals surface area (Å²) in [5.74, 6) is -0.655. The van der Waals surface area contributed by atoms with Crippen LogP contribution < -0.4 is 0 Å². The van der Waals surface area contributed by atoms with E-state index >= 15 is 0 Å². The number of rotatable bonds is 4. The fraction of sp³-hybridized carbons (Fsp3) is 0.188. The molecule has 0 fully saturated rings. The first-order valence-electron chi connectivity index (χ1n) is 7.09. The number of sulfonamides is 1. The van der Waals surface area contributed by atoms with Crippen LogP contribution in [0, 0.1) is 5.82 Å². The van der Waals surface area contributed by atoms with Gasteiger partial charge in [-0.3, -0.25) is 0 Å². The van der Waals surface area contributed by atoms with Gasteiger partial charge in [-0.2, -0.15) is 4.31 Å². The largest absolute Gasteiger partial charge is 0.243 e. The zero-order chi connectivity index (χ0) is 17.5. The Hall–Kier alpha value is -1.54. The molecule has 1 atom stereocenters. The second-order valence-electron chi connectivity index (χ2n) is 5.29. The van der Waals surface area contributed by atoms with Crippen LogP contribution in [0.25, 0.3) is 10.2 Å². The number of para-hydroxylation sites is 1. The molecule has 2 aromatic carbocycles. The summed E-state index contributed by atoms with van der Waals surface area (Å²) in [4.78, 5) is 4.45. The second kappa shape index (κ2) is 6.40. The highest BCUT2D eigenvalue weighted by Crippen LogP contribution is 2.32. The van der Waals surface area contributed by atoms with Crippen molar-refractivity contribution in [3.05, 3.63) is 58.3 Å². The van der Waals surface area contributed by atoms with Gasteiger partial charge in [-0.25, -0.2) is 17.8 Å². The lowest BCUT2D eigenvalue weighted by atomic mass is 10.3. The number of hydrogen-bond acceptors (Lipinski definition) is 4. The molecule has 1 unspecified atom stereocenters. The van der Waals surface area contributed by atoms with Crippen LogP contribution >= 0.6 is 22.9 Å². The maximum atomic E-state index is 13.3. The van der Waals surface area contributed by atoms with Crippen LogP contribution in [0.3, 0.4) is 0 Å². The minimum absolute atomic E-state index is 0.0515. The van der Waals surface area contributed by atoms with E-state index in [1.165, 1.54) is 28.8 Å². The molecular formula is C16H14ClFN2O2S2. The van der Waals surface area contributed by atoms with Crippen molar-refractivity contribution in [2.24, 2.45) is 0 Å². The van der Waals surface area contributed by atoms with Crippen molar-refractivity contribution < 1.29 is 12.8 Å². The van der Waals surface area contributed by atoms with Crippen molar-refractivity contribution in [1.82, 2.24) is 9.29 Å². The molecule has 1 aromatic heterocycles. The summed E-state index contributed by atoms with van der Waals surface area (Å²) < 4.78 is 41.0. The number of nitrogens with zero attached hydrogens (tertiary/aromatic N) is 2. The van der Waals surface area contributed by atoms with Gasteiger partial charge in [0.25, 0.3) is 0 Å². The standard InChI is InChI=1S/C16H14ClFN2O2S2/c1-10(16-19-14-5-3-4-6-15(14)23-16)20(2)24(21,22)11-7-8-13(18)12(17)9-11/h3-10H,1-2H3. The van der Waals surface area contributed by atoms with E-state index in [0.717, 1.165) is 22.3 Å². The number of fused-ring (bicyclic) bond motifs is 1. The molecule has 0 spiro atoms. The smallest absolute Gasteiger partial charge is 0.239 e. The molecule has 3 rings (SSSR count). The average Bonchev–Trinajstić information content (AvgIpc) is 2.99. The molecule has 1 heterocycles. The van der Waals surface area contributed by atoms with E-state index in [1.807, 2.05) is 24.3 Å². The fourth-order valence-electron chi connectivity index (χ4n) is 2.24. The molecule has 0 saturated carbocycles. The predicted octanol–water partition coefficient (Wildman–Crippen LogP) is 4.47. The highest BCUT2D eigenvalue weighted by molar-refractivity contribution is 7.89. The van der Waals surface area contributed by atoms with Gasteiger partial charge in [0.05, 0.1) is 26.2 Å². The van der Waals surface area contributed by atoms with Crippen LogP contribution in [0.2, 0.25) is 5.02 Å². The van der Waals surface area contributed by atoms with Crippen LogP contribution in [-0.2, 0) is 10.0 Å². The summed E-state index contributed by atoms with van der Waals surface area (Å²) in [5, 5.41) is 0.465. The third kappa shape index (κ3) is 3.04. The van der Waals surface area contributed by atoms with Crippen LogP contribution in [0.5, 0.6) is 0 Å². The Morgan fingerprint density at radius 1 is 1.25 bits per heavy atom. The summed E-state index contributed by atoms with van der Waals surface area (Å²) in [5.41, 5.74) is 0.833. The first-order valence-corrected chi connectivity index (χ1v) is 9.72. The first kappa shape index (κ1) is 17.3. The summed E-state index contributed by atoms with van der Waals surface area (Å²) in [6.07, 6.45) is 0. The minimum atomic E-state index is -3.81. The highest BCUT2D eigenvalue weighted by atomic mass is 35.5. The lowest BCUT2D eigenvalue weighted by Crippen LogP contribution is -2.29. The molecule has 0 bridgehead atoms. The van der Waals surface area contributed by atoms with Crippen molar-refractivity contribution >= 4 is 43.2 Å². The number of aromatic nitrogens is 1. The van der Waals surface area contributed by atoms with Gasteiger partial charge in [-0.1, -0.05) is 23.7 Å². The van der Waals surface area contributed by atoms with E-state index in [4.69, 9.17) is 11.6 Å². The Kier molecular flexibility index (Phi) is 4.61. The van der Waals surface area contributed by atoms with Crippen molar-refractivity contribution in [1.29, 1.82) is 0 Å². The fourth-order valence-corrected chi connectivity index (χ4v) is 4.97. The van der Waals surface area contributed by atoms with Crippen molar-refractivity contribution in [2.75, 3.05) is 7.05 Å². The Morgan fingerprint density at radius 2 is 1.96 bits per heavy atom. The van der Waals surface area contributed by atoms with Gasteiger partial charge in [-0.15, -0.1) is 11.3 Å². The molecule has 0 aliphatic heterocycles. The van der Waals surface area contributed by atoms with Gasteiger partial charge in [0.15, 0.2) is 0 Å². The number of halogens is 2. The summed E-state index contributed by atoms with van der Waals surface area (Å²) in [6.45, 7) is 1.76. The topological polar surface area (TPSA) is 50.3 Å². The molecule has 0 aliphatic carbocycles. The van der Waals surface area contributed by atoms with E-state index in [2.05, 4.69) is 4.98 Å². The zero-order valence-corrected chi connectivity index (χ0v) is 15.3. The summed E-state index contributed by atoms with van der Waals surface area (Å²) in [6, 6.07) is 10.5. The van der Waals surface area contributed by atoms with Gasteiger partial charge >= 0.3 is 0 Å². The molecule has 0 radical (unpaired) electrons. The molecule has 0 N–H and O–H groups in total. The third-order valence-corrected chi connectivity index (χ3v) is 7.20. The molecule has 3 aromatic rings. The quantitative estimate of drug-likeness (QED) is 0.666. The molecule has 4 nitrogen and oxygen atoms in total. The second-order valence-corrected chi connectivity index (χ2v) is 8.76. The molecule has 8 heteroatoms. The Balaban J connectivity index is 1.96. The maximum Gasteiger partial charge on any atom is 0.243 e. The molecule has 0 saturated heterocycles. The Labute approximate surface area is 148 Å². The van der Waals surface area contributed by atoms with E-state index in [1.54, 1.807) is 6.92 Å². The van der Waals surface area contributed by atoms with E-state index in [-0.39, 0.29) is 9.92 Å². The lowest BCUT2D eigenvalue weighted by molar-refractivity contribution is 0.397. The van der Waals surface area contributed by atoms with Crippen LogP contribution in [0.1, 0.15) is 18.0 Å². The number of thiazole rings is 1. The van der Waals surface area contributed by atoms with E-state index in [9.17, 15) is 12.8 Å². The zero-order valence-electron chi connectivity index (χ0n) is 12.9. The monoisotopic (exact) mass is 384 g/mol. The van der Waals surface area contributed by atoms with Crippen LogP contribution in [-0.4, -0.2) is 24.8 Å². The van der Waals surface area contributed by atoms with Gasteiger partial charge in [0, 0.05) is 7.05 Å². The Morgan fingerprint density at radius 3 is 2.62 bits per heavy atom. The van der Waals surface area contributed by atoms with E-state index in [0.29, 0.717) is 5.01 Å². The molecule has 126 valence electrons. The van der Waals surface area contributed by atoms with Gasteiger partial charge in [0.1, 0.15) is 10.8 Å². The molecule has 0 aliphatic rings. The SMILES string of the molecule is CC(c1nc2ccccc2s1)N(C)S(=O)(=O)c1ccc(F)c(Cl)c1. The van der Waals surface area contributed by atoms with Gasteiger partial charge in [-0.05, 0) is 37.3 Å². The normalized spacial score (nSPS) is 13.5.